The van der Waals surface area contributed by atoms with Crippen molar-refractivity contribution in [1.29, 1.82) is 0 Å². The molecule has 4 rings (SSSR count). The maximum Gasteiger partial charge on any atom is 0.435 e. The summed E-state index contributed by atoms with van der Waals surface area (Å²) >= 11 is 0. The first-order valence-electron chi connectivity index (χ1n) is 8.62. The standard InChI is InChI=1S/C18H16F3N5O2/c1-9-2-5-14-23-11(6-15(27)26(14)16(9)17(22)28)8-25-12(10-3-4-10)7-13(24-25)18(19,20)21/h2,5-7,10H,3-4,8H2,1H3,(H2,22,28). The Bertz CT molecular complexity index is 1160. The third-order valence-electron chi connectivity index (χ3n) is 4.72. The molecule has 10 heteroatoms. The fraction of sp³-hybridized carbons (Fsp3) is 0.333. The summed E-state index contributed by atoms with van der Waals surface area (Å²) in [4.78, 5) is 28.6. The van der Waals surface area contributed by atoms with Crippen LogP contribution in [0.15, 0.2) is 29.1 Å². The summed E-state index contributed by atoms with van der Waals surface area (Å²) in [5, 5.41) is 3.68. The molecule has 28 heavy (non-hydrogen) atoms. The van der Waals surface area contributed by atoms with Crippen LogP contribution in [0.5, 0.6) is 0 Å². The van der Waals surface area contributed by atoms with Crippen molar-refractivity contribution in [1.82, 2.24) is 19.2 Å². The van der Waals surface area contributed by atoms with Crippen molar-refractivity contribution in [3.8, 4) is 0 Å². The van der Waals surface area contributed by atoms with Gasteiger partial charge in [-0.15, -0.1) is 0 Å². The van der Waals surface area contributed by atoms with Crippen molar-refractivity contribution in [2.45, 2.75) is 38.4 Å². The zero-order chi connectivity index (χ0) is 20.2. The fourth-order valence-corrected chi connectivity index (χ4v) is 3.28. The summed E-state index contributed by atoms with van der Waals surface area (Å²) in [5.41, 5.74) is 5.35. The summed E-state index contributed by atoms with van der Waals surface area (Å²) in [6.45, 7) is 1.57. The fourth-order valence-electron chi connectivity index (χ4n) is 3.28. The highest BCUT2D eigenvalue weighted by molar-refractivity contribution is 5.93. The molecule has 0 spiro atoms. The highest BCUT2D eigenvalue weighted by atomic mass is 19.4. The third kappa shape index (κ3) is 3.14. The van der Waals surface area contributed by atoms with Crippen molar-refractivity contribution >= 4 is 11.6 Å². The quantitative estimate of drug-likeness (QED) is 0.738. The molecule has 2 N–H and O–H groups in total. The van der Waals surface area contributed by atoms with Crippen LogP contribution in [0.25, 0.3) is 5.65 Å². The number of aryl methyl sites for hydroxylation is 1. The molecule has 1 aliphatic carbocycles. The van der Waals surface area contributed by atoms with Crippen LogP contribution >= 0.6 is 0 Å². The number of aromatic nitrogens is 4. The maximum atomic E-state index is 13.0. The molecule has 0 aliphatic heterocycles. The number of fused-ring (bicyclic) bond motifs is 1. The van der Waals surface area contributed by atoms with Gasteiger partial charge in [0, 0.05) is 17.7 Å². The number of hydrogen-bond donors (Lipinski definition) is 1. The Hall–Kier alpha value is -3.17. The molecule has 3 heterocycles. The highest BCUT2D eigenvalue weighted by Gasteiger charge is 2.37. The van der Waals surface area contributed by atoms with Crippen LogP contribution in [0.2, 0.25) is 0 Å². The normalized spacial score (nSPS) is 14.6. The topological polar surface area (TPSA) is 95.3 Å². The number of rotatable bonds is 4. The first kappa shape index (κ1) is 18.2. The predicted octanol–water partition coefficient (Wildman–Crippen LogP) is 2.24. The lowest BCUT2D eigenvalue weighted by molar-refractivity contribution is -0.141. The first-order chi connectivity index (χ1) is 13.1. The molecule has 0 radical (unpaired) electrons. The second kappa shape index (κ2) is 6.18. The van der Waals surface area contributed by atoms with E-state index in [0.717, 1.165) is 23.3 Å². The van der Waals surface area contributed by atoms with Gasteiger partial charge in [0.1, 0.15) is 11.3 Å². The van der Waals surface area contributed by atoms with Crippen LogP contribution in [0.3, 0.4) is 0 Å². The van der Waals surface area contributed by atoms with E-state index in [-0.39, 0.29) is 29.5 Å². The molecule has 1 aliphatic rings. The van der Waals surface area contributed by atoms with Gasteiger partial charge in [0.15, 0.2) is 5.69 Å². The lowest BCUT2D eigenvalue weighted by Gasteiger charge is -2.11. The Morgan fingerprint density at radius 1 is 1.29 bits per heavy atom. The minimum Gasteiger partial charge on any atom is -0.364 e. The Labute approximate surface area is 156 Å². The maximum absolute atomic E-state index is 13.0. The summed E-state index contributed by atoms with van der Waals surface area (Å²) in [6.07, 6.45) is -2.94. The summed E-state index contributed by atoms with van der Waals surface area (Å²) in [5.74, 6) is -0.730. The van der Waals surface area contributed by atoms with Gasteiger partial charge in [-0.1, -0.05) is 6.07 Å². The second-order valence-electron chi connectivity index (χ2n) is 6.89. The van der Waals surface area contributed by atoms with Gasteiger partial charge in [-0.05, 0) is 37.5 Å². The molecule has 0 aromatic carbocycles. The monoisotopic (exact) mass is 391 g/mol. The van der Waals surface area contributed by atoms with E-state index < -0.39 is 23.3 Å². The lowest BCUT2D eigenvalue weighted by Crippen LogP contribution is -2.26. The van der Waals surface area contributed by atoms with Gasteiger partial charge in [-0.3, -0.25) is 18.7 Å². The average molecular weight is 391 g/mol. The number of nitrogens with two attached hydrogens (primary N) is 1. The number of primary amides is 1. The van der Waals surface area contributed by atoms with Crippen LogP contribution in [0.4, 0.5) is 13.2 Å². The largest absolute Gasteiger partial charge is 0.435 e. The second-order valence-corrected chi connectivity index (χ2v) is 6.89. The van der Waals surface area contributed by atoms with Crippen molar-refractivity contribution < 1.29 is 18.0 Å². The molecule has 3 aromatic heterocycles. The lowest BCUT2D eigenvalue weighted by atomic mass is 10.2. The minimum atomic E-state index is -4.54. The van der Waals surface area contributed by atoms with Gasteiger partial charge >= 0.3 is 6.18 Å². The summed E-state index contributed by atoms with van der Waals surface area (Å²) in [7, 11) is 0. The molecule has 3 aromatic rings. The minimum absolute atomic E-state index is 0.0265. The van der Waals surface area contributed by atoms with Gasteiger partial charge in [0.05, 0.1) is 12.2 Å². The molecular formula is C18H16F3N5O2. The molecule has 0 saturated heterocycles. The molecular weight excluding hydrogens is 375 g/mol. The number of halogens is 3. The number of carbonyl (C=O) groups is 1. The van der Waals surface area contributed by atoms with E-state index >= 15 is 0 Å². The Kier molecular flexibility index (Phi) is 4.02. The van der Waals surface area contributed by atoms with Crippen molar-refractivity contribution in [3.63, 3.8) is 0 Å². The Morgan fingerprint density at radius 3 is 2.61 bits per heavy atom. The molecule has 0 unspecified atom stereocenters. The zero-order valence-corrected chi connectivity index (χ0v) is 14.8. The first-order valence-corrected chi connectivity index (χ1v) is 8.62. The van der Waals surface area contributed by atoms with E-state index in [1.54, 1.807) is 19.1 Å². The SMILES string of the molecule is Cc1ccc2nc(Cn3nc(C(F)(F)F)cc3C3CC3)cc(=O)n2c1C(N)=O. The van der Waals surface area contributed by atoms with Gasteiger partial charge in [-0.2, -0.15) is 18.3 Å². The van der Waals surface area contributed by atoms with Gasteiger partial charge in [-0.25, -0.2) is 4.98 Å². The van der Waals surface area contributed by atoms with Crippen molar-refractivity contribution in [2.75, 3.05) is 0 Å². The van der Waals surface area contributed by atoms with Crippen molar-refractivity contribution in [3.05, 3.63) is 63.0 Å². The highest BCUT2D eigenvalue weighted by Crippen LogP contribution is 2.42. The van der Waals surface area contributed by atoms with E-state index in [2.05, 4.69) is 10.1 Å². The Balaban J connectivity index is 1.80. The van der Waals surface area contributed by atoms with E-state index in [9.17, 15) is 22.8 Å². The van der Waals surface area contributed by atoms with Crippen LogP contribution in [0.1, 0.15) is 51.9 Å². The number of amides is 1. The number of nitrogens with zero attached hydrogens (tertiary/aromatic N) is 4. The van der Waals surface area contributed by atoms with E-state index in [1.165, 1.54) is 10.7 Å². The average Bonchev–Trinajstić information content (AvgIpc) is 3.34. The van der Waals surface area contributed by atoms with Crippen molar-refractivity contribution in [2.24, 2.45) is 5.73 Å². The smallest absolute Gasteiger partial charge is 0.364 e. The van der Waals surface area contributed by atoms with E-state index in [1.807, 2.05) is 0 Å². The summed E-state index contributed by atoms with van der Waals surface area (Å²) in [6, 6.07) is 5.40. The van der Waals surface area contributed by atoms with Gasteiger partial charge in [0.2, 0.25) is 0 Å². The number of carbonyl (C=O) groups excluding carboxylic acids is 1. The van der Waals surface area contributed by atoms with E-state index in [0.29, 0.717) is 11.3 Å². The van der Waals surface area contributed by atoms with Crippen LogP contribution < -0.4 is 11.3 Å². The van der Waals surface area contributed by atoms with Gasteiger partial charge in [0.25, 0.3) is 11.5 Å². The van der Waals surface area contributed by atoms with Crippen LogP contribution in [0, 0.1) is 6.92 Å². The molecule has 1 amide bonds. The number of alkyl halides is 3. The predicted molar refractivity (Wildman–Crippen MR) is 93.0 cm³/mol. The number of pyridine rings is 1. The van der Waals surface area contributed by atoms with E-state index in [4.69, 9.17) is 5.73 Å². The van der Waals surface area contributed by atoms with Crippen LogP contribution in [-0.4, -0.2) is 25.1 Å². The molecule has 0 bridgehead atoms. The molecule has 146 valence electrons. The molecule has 1 fully saturated rings. The third-order valence-corrected chi connectivity index (χ3v) is 4.72. The van der Waals surface area contributed by atoms with Crippen LogP contribution in [-0.2, 0) is 12.7 Å². The van der Waals surface area contributed by atoms with Gasteiger partial charge < -0.3 is 5.73 Å². The zero-order valence-electron chi connectivity index (χ0n) is 14.8. The molecule has 7 nitrogen and oxygen atoms in total. The number of hydrogen-bond acceptors (Lipinski definition) is 4. The summed E-state index contributed by atoms with van der Waals surface area (Å²) < 4.78 is 41.5. The Morgan fingerprint density at radius 2 is 2.00 bits per heavy atom. The molecule has 1 saturated carbocycles. The molecule has 0 atom stereocenters.